The van der Waals surface area contributed by atoms with Crippen molar-refractivity contribution in [3.8, 4) is 0 Å². The van der Waals surface area contributed by atoms with Gasteiger partial charge in [-0.05, 0) is 74.7 Å². The normalized spacial score (nSPS) is 30.8. The summed E-state index contributed by atoms with van der Waals surface area (Å²) in [4.78, 5) is 2.76. The standard InChI is InChI=1S/C22H31ClN2O/c1-3-21(16-5-4-15(2)12-16)25-10-8-22(9-11-25)14-20(24-26)18-7-6-17(23)13-19(18)22/h6-7,13,15-16,21,26H,3-5,8-12,14H2,1-2H3/b24-20+/t15-,16-,21-/m1/s1. The molecule has 0 unspecified atom stereocenters. The van der Waals surface area contributed by atoms with Crippen molar-refractivity contribution in [2.24, 2.45) is 17.0 Å². The van der Waals surface area contributed by atoms with Gasteiger partial charge in [-0.3, -0.25) is 0 Å². The molecule has 1 saturated carbocycles. The Morgan fingerprint density at radius 3 is 2.69 bits per heavy atom. The zero-order chi connectivity index (χ0) is 18.3. The minimum atomic E-state index is 0.111. The van der Waals surface area contributed by atoms with Crippen molar-refractivity contribution >= 4 is 17.3 Å². The first-order chi connectivity index (χ1) is 12.6. The molecule has 3 nitrogen and oxygen atoms in total. The molecule has 0 bridgehead atoms. The summed E-state index contributed by atoms with van der Waals surface area (Å²) in [6.07, 6.45) is 8.60. The van der Waals surface area contributed by atoms with E-state index in [1.165, 1.54) is 31.2 Å². The minimum Gasteiger partial charge on any atom is -0.411 e. The second-order valence-corrected chi connectivity index (χ2v) is 9.32. The number of oxime groups is 1. The molecule has 0 aromatic heterocycles. The largest absolute Gasteiger partial charge is 0.411 e. The van der Waals surface area contributed by atoms with E-state index in [1.54, 1.807) is 0 Å². The molecule has 1 heterocycles. The minimum absolute atomic E-state index is 0.111. The fourth-order valence-corrected chi connectivity index (χ4v) is 6.20. The SMILES string of the molecule is CC[C@H]([C@@H]1CC[C@@H](C)C1)N1CCC2(CC1)C/C(=N\O)c1ccc(Cl)cc12. The third kappa shape index (κ3) is 3.07. The molecule has 0 amide bonds. The summed E-state index contributed by atoms with van der Waals surface area (Å²) in [6.45, 7) is 7.06. The van der Waals surface area contributed by atoms with Crippen LogP contribution in [-0.4, -0.2) is 35.0 Å². The van der Waals surface area contributed by atoms with E-state index in [9.17, 15) is 5.21 Å². The first kappa shape index (κ1) is 18.3. The Morgan fingerprint density at radius 2 is 2.08 bits per heavy atom. The molecule has 1 aliphatic heterocycles. The number of benzene rings is 1. The van der Waals surface area contributed by atoms with Crippen molar-refractivity contribution in [1.29, 1.82) is 0 Å². The van der Waals surface area contributed by atoms with Gasteiger partial charge in [0.05, 0.1) is 5.71 Å². The topological polar surface area (TPSA) is 35.8 Å². The summed E-state index contributed by atoms with van der Waals surface area (Å²) in [5, 5.41) is 13.9. The van der Waals surface area contributed by atoms with Crippen molar-refractivity contribution in [2.45, 2.75) is 70.3 Å². The Bertz CT molecular complexity index is 693. The lowest BCUT2D eigenvalue weighted by molar-refractivity contribution is 0.0815. The smallest absolute Gasteiger partial charge is 0.0879 e. The summed E-state index contributed by atoms with van der Waals surface area (Å²) >= 11 is 6.31. The van der Waals surface area contributed by atoms with Crippen LogP contribution < -0.4 is 0 Å². The number of rotatable bonds is 3. The molecule has 1 aromatic carbocycles. The highest BCUT2D eigenvalue weighted by molar-refractivity contribution is 6.31. The maximum absolute atomic E-state index is 9.49. The van der Waals surface area contributed by atoms with Gasteiger partial charge in [0, 0.05) is 28.5 Å². The molecule has 1 saturated heterocycles. The summed E-state index contributed by atoms with van der Waals surface area (Å²) in [5.74, 6) is 1.78. The number of fused-ring (bicyclic) bond motifs is 2. The Kier molecular flexibility index (Phi) is 5.04. The Morgan fingerprint density at radius 1 is 1.31 bits per heavy atom. The summed E-state index contributed by atoms with van der Waals surface area (Å²) < 4.78 is 0. The lowest BCUT2D eigenvalue weighted by Crippen LogP contribution is -2.48. The van der Waals surface area contributed by atoms with E-state index in [0.717, 1.165) is 66.5 Å². The lowest BCUT2D eigenvalue weighted by Gasteiger charge is -2.44. The van der Waals surface area contributed by atoms with Crippen LogP contribution in [0.25, 0.3) is 0 Å². The maximum atomic E-state index is 9.49. The van der Waals surface area contributed by atoms with Crippen LogP contribution in [0, 0.1) is 11.8 Å². The Balaban J connectivity index is 1.52. The van der Waals surface area contributed by atoms with Gasteiger partial charge in [-0.2, -0.15) is 0 Å². The number of piperidine rings is 1. The van der Waals surface area contributed by atoms with Gasteiger partial charge in [0.25, 0.3) is 0 Å². The molecule has 1 spiro atoms. The van der Waals surface area contributed by atoms with Crippen molar-refractivity contribution in [2.75, 3.05) is 13.1 Å². The number of hydrogen-bond donors (Lipinski definition) is 1. The van der Waals surface area contributed by atoms with Crippen LogP contribution in [0.3, 0.4) is 0 Å². The number of hydrogen-bond acceptors (Lipinski definition) is 3. The lowest BCUT2D eigenvalue weighted by atomic mass is 9.73. The van der Waals surface area contributed by atoms with Crippen LogP contribution >= 0.6 is 11.6 Å². The molecule has 4 heteroatoms. The zero-order valence-electron chi connectivity index (χ0n) is 16.0. The summed E-state index contributed by atoms with van der Waals surface area (Å²) in [6, 6.07) is 6.79. The zero-order valence-corrected chi connectivity index (χ0v) is 16.8. The van der Waals surface area contributed by atoms with Crippen LogP contribution in [0.1, 0.15) is 69.9 Å². The van der Waals surface area contributed by atoms with E-state index >= 15 is 0 Å². The van der Waals surface area contributed by atoms with Crippen LogP contribution in [0.15, 0.2) is 23.4 Å². The quantitative estimate of drug-likeness (QED) is 0.562. The van der Waals surface area contributed by atoms with E-state index in [1.807, 2.05) is 12.1 Å². The van der Waals surface area contributed by atoms with Gasteiger partial charge >= 0.3 is 0 Å². The van der Waals surface area contributed by atoms with Gasteiger partial charge in [-0.25, -0.2) is 0 Å². The molecule has 2 fully saturated rings. The Labute approximate surface area is 162 Å². The highest BCUT2D eigenvalue weighted by Crippen LogP contribution is 2.48. The first-order valence-electron chi connectivity index (χ1n) is 10.3. The molecule has 142 valence electrons. The van der Waals surface area contributed by atoms with Crippen LogP contribution in [-0.2, 0) is 5.41 Å². The van der Waals surface area contributed by atoms with Crippen LogP contribution in [0.4, 0.5) is 0 Å². The third-order valence-corrected chi connectivity index (χ3v) is 7.65. The van der Waals surface area contributed by atoms with E-state index in [2.05, 4.69) is 30.0 Å². The predicted molar refractivity (Wildman–Crippen MR) is 107 cm³/mol. The number of halogens is 1. The molecular formula is C22H31ClN2O. The van der Waals surface area contributed by atoms with Crippen molar-refractivity contribution in [3.05, 3.63) is 34.3 Å². The molecule has 2 aliphatic carbocycles. The summed E-state index contributed by atoms with van der Waals surface area (Å²) in [7, 11) is 0. The fraction of sp³-hybridized carbons (Fsp3) is 0.682. The van der Waals surface area contributed by atoms with Crippen LogP contribution in [0.5, 0.6) is 0 Å². The monoisotopic (exact) mass is 374 g/mol. The van der Waals surface area contributed by atoms with E-state index < -0.39 is 0 Å². The van der Waals surface area contributed by atoms with Gasteiger partial charge in [-0.15, -0.1) is 0 Å². The molecule has 4 rings (SSSR count). The molecule has 26 heavy (non-hydrogen) atoms. The van der Waals surface area contributed by atoms with Crippen molar-refractivity contribution < 1.29 is 5.21 Å². The van der Waals surface area contributed by atoms with Crippen molar-refractivity contribution in [1.82, 2.24) is 4.90 Å². The maximum Gasteiger partial charge on any atom is 0.0879 e. The molecule has 3 aliphatic rings. The molecule has 1 aromatic rings. The van der Waals surface area contributed by atoms with Gasteiger partial charge in [0.1, 0.15) is 0 Å². The first-order valence-corrected chi connectivity index (χ1v) is 10.7. The highest BCUT2D eigenvalue weighted by Gasteiger charge is 2.46. The number of nitrogens with zero attached hydrogens (tertiary/aromatic N) is 2. The highest BCUT2D eigenvalue weighted by atomic mass is 35.5. The van der Waals surface area contributed by atoms with E-state index in [4.69, 9.17) is 11.6 Å². The van der Waals surface area contributed by atoms with Gasteiger partial charge in [0.2, 0.25) is 0 Å². The van der Waals surface area contributed by atoms with Crippen LogP contribution in [0.2, 0.25) is 5.02 Å². The molecule has 1 N–H and O–H groups in total. The van der Waals surface area contributed by atoms with E-state index in [-0.39, 0.29) is 5.41 Å². The average Bonchev–Trinajstić information content (AvgIpc) is 3.19. The fourth-order valence-electron chi connectivity index (χ4n) is 6.03. The molecular weight excluding hydrogens is 344 g/mol. The third-order valence-electron chi connectivity index (χ3n) is 7.41. The second kappa shape index (κ2) is 7.16. The molecule has 3 atom stereocenters. The van der Waals surface area contributed by atoms with Gasteiger partial charge in [0.15, 0.2) is 0 Å². The predicted octanol–water partition coefficient (Wildman–Crippen LogP) is 5.47. The van der Waals surface area contributed by atoms with Gasteiger partial charge < -0.3 is 10.1 Å². The van der Waals surface area contributed by atoms with Crippen molar-refractivity contribution in [3.63, 3.8) is 0 Å². The molecule has 0 radical (unpaired) electrons. The average molecular weight is 375 g/mol. The van der Waals surface area contributed by atoms with Gasteiger partial charge in [-0.1, -0.05) is 43.1 Å². The Hall–Kier alpha value is -1.06. The van der Waals surface area contributed by atoms with E-state index in [0.29, 0.717) is 0 Å². The number of likely N-dealkylation sites (tertiary alicyclic amines) is 1. The second-order valence-electron chi connectivity index (χ2n) is 8.88. The summed E-state index contributed by atoms with van der Waals surface area (Å²) in [5.41, 5.74) is 3.35.